The minimum absolute atomic E-state index is 0.0773. The fraction of sp³-hybridized carbons (Fsp3) is 0.562. The van der Waals surface area contributed by atoms with Gasteiger partial charge in [0.25, 0.3) is 0 Å². The molecule has 0 spiro atoms. The van der Waals surface area contributed by atoms with Crippen molar-refractivity contribution in [1.29, 1.82) is 0 Å². The van der Waals surface area contributed by atoms with Gasteiger partial charge in [-0.1, -0.05) is 31.9 Å². The van der Waals surface area contributed by atoms with Crippen molar-refractivity contribution in [2.75, 3.05) is 17.6 Å². The Morgan fingerprint density at radius 2 is 2.10 bits per heavy atom. The van der Waals surface area contributed by atoms with Crippen molar-refractivity contribution < 1.29 is 4.79 Å². The van der Waals surface area contributed by atoms with E-state index in [2.05, 4.69) is 18.3 Å². The van der Waals surface area contributed by atoms with Gasteiger partial charge in [-0.2, -0.15) is 0 Å². The molecule has 0 radical (unpaired) electrons. The minimum Gasteiger partial charge on any atom is -0.330 e. The van der Waals surface area contributed by atoms with E-state index in [1.165, 1.54) is 6.42 Å². The second-order valence-electron chi connectivity index (χ2n) is 5.31. The molecule has 0 aromatic heterocycles. The molecule has 3 nitrogen and oxygen atoms in total. The number of amides is 1. The number of rotatable bonds is 5. The molecule has 2 atom stereocenters. The average Bonchev–Trinajstić information content (AvgIpc) is 2.49. The van der Waals surface area contributed by atoms with Crippen LogP contribution >= 0.6 is 11.8 Å². The lowest BCUT2D eigenvalue weighted by atomic mass is 9.78. The predicted octanol–water partition coefficient (Wildman–Crippen LogP) is 3.50. The monoisotopic (exact) mass is 292 g/mol. The molecule has 1 aliphatic carbocycles. The molecule has 1 aromatic rings. The Hall–Kier alpha value is -1.00. The number of anilines is 1. The molecule has 1 saturated carbocycles. The Morgan fingerprint density at radius 3 is 2.85 bits per heavy atom. The molecule has 1 aliphatic rings. The van der Waals surface area contributed by atoms with E-state index < -0.39 is 0 Å². The van der Waals surface area contributed by atoms with Crippen molar-refractivity contribution in [3.05, 3.63) is 24.3 Å². The Morgan fingerprint density at radius 1 is 1.35 bits per heavy atom. The molecule has 20 heavy (non-hydrogen) atoms. The first-order valence-corrected chi connectivity index (χ1v) is 8.47. The quantitative estimate of drug-likeness (QED) is 0.817. The van der Waals surface area contributed by atoms with Crippen molar-refractivity contribution >= 4 is 23.4 Å². The number of nitrogens with two attached hydrogens (primary N) is 1. The number of hydrogen-bond acceptors (Lipinski definition) is 3. The number of hydrogen-bond donors (Lipinski definition) is 2. The van der Waals surface area contributed by atoms with Gasteiger partial charge in [0.15, 0.2) is 0 Å². The van der Waals surface area contributed by atoms with Gasteiger partial charge in [0.05, 0.1) is 5.69 Å². The highest BCUT2D eigenvalue weighted by molar-refractivity contribution is 7.99. The maximum Gasteiger partial charge on any atom is 0.227 e. The average molecular weight is 292 g/mol. The summed E-state index contributed by atoms with van der Waals surface area (Å²) in [4.78, 5) is 13.7. The number of carbonyl (C=O) groups excluding carboxylic acids is 1. The second kappa shape index (κ2) is 7.70. The summed E-state index contributed by atoms with van der Waals surface area (Å²) < 4.78 is 0. The molecule has 3 N–H and O–H groups in total. The van der Waals surface area contributed by atoms with Gasteiger partial charge in [-0.3, -0.25) is 4.79 Å². The molecule has 0 heterocycles. The van der Waals surface area contributed by atoms with Gasteiger partial charge in [-0.25, -0.2) is 0 Å². The minimum atomic E-state index is 0.0773. The zero-order chi connectivity index (χ0) is 14.4. The lowest BCUT2D eigenvalue weighted by molar-refractivity contribution is -0.122. The third kappa shape index (κ3) is 3.76. The van der Waals surface area contributed by atoms with Crippen LogP contribution in [-0.4, -0.2) is 18.2 Å². The van der Waals surface area contributed by atoms with E-state index in [-0.39, 0.29) is 11.8 Å². The van der Waals surface area contributed by atoms with Crippen molar-refractivity contribution in [1.82, 2.24) is 0 Å². The summed E-state index contributed by atoms with van der Waals surface area (Å²) in [6, 6.07) is 8.02. The molecule has 110 valence electrons. The molecule has 1 amide bonds. The van der Waals surface area contributed by atoms with Gasteiger partial charge < -0.3 is 11.1 Å². The van der Waals surface area contributed by atoms with Crippen LogP contribution in [0.4, 0.5) is 5.69 Å². The first-order valence-electron chi connectivity index (χ1n) is 7.49. The van der Waals surface area contributed by atoms with Crippen LogP contribution in [0.1, 0.15) is 32.6 Å². The highest BCUT2D eigenvalue weighted by Crippen LogP contribution is 2.32. The number of thioether (sulfide) groups is 1. The third-order valence-corrected chi connectivity index (χ3v) is 4.95. The lowest BCUT2D eigenvalue weighted by Gasteiger charge is -2.29. The predicted molar refractivity (Wildman–Crippen MR) is 86.0 cm³/mol. The zero-order valence-electron chi connectivity index (χ0n) is 12.1. The summed E-state index contributed by atoms with van der Waals surface area (Å²) in [7, 11) is 0. The first kappa shape index (κ1) is 15.4. The molecule has 1 aromatic carbocycles. The van der Waals surface area contributed by atoms with Crippen molar-refractivity contribution in [3.8, 4) is 0 Å². The Kier molecular flexibility index (Phi) is 5.92. The van der Waals surface area contributed by atoms with Crippen molar-refractivity contribution in [2.24, 2.45) is 17.6 Å². The zero-order valence-corrected chi connectivity index (χ0v) is 12.9. The van der Waals surface area contributed by atoms with Gasteiger partial charge in [-0.05, 0) is 43.2 Å². The van der Waals surface area contributed by atoms with E-state index in [0.717, 1.165) is 35.6 Å². The van der Waals surface area contributed by atoms with Crippen LogP contribution in [0.15, 0.2) is 29.2 Å². The molecule has 1 fully saturated rings. The summed E-state index contributed by atoms with van der Waals surface area (Å²) in [5.41, 5.74) is 6.75. The molecule has 0 aliphatic heterocycles. The van der Waals surface area contributed by atoms with Crippen LogP contribution in [-0.2, 0) is 4.79 Å². The number of benzene rings is 1. The Labute approximate surface area is 125 Å². The fourth-order valence-corrected chi connectivity index (χ4v) is 3.67. The standard InChI is InChI=1S/C16H24N2OS/c1-2-20-15-10-6-5-9-14(15)18-16(19)13-8-4-3-7-12(13)11-17/h5-6,9-10,12-13H,2-4,7-8,11,17H2,1H3,(H,18,19). The smallest absolute Gasteiger partial charge is 0.227 e. The van der Waals surface area contributed by atoms with Crippen LogP contribution in [0.2, 0.25) is 0 Å². The summed E-state index contributed by atoms with van der Waals surface area (Å²) in [6.07, 6.45) is 4.39. The van der Waals surface area contributed by atoms with Crippen molar-refractivity contribution in [2.45, 2.75) is 37.5 Å². The van der Waals surface area contributed by atoms with E-state index >= 15 is 0 Å². The Bertz CT molecular complexity index is 450. The molecule has 4 heteroatoms. The van der Waals surface area contributed by atoms with Crippen LogP contribution in [0.5, 0.6) is 0 Å². The molecular weight excluding hydrogens is 268 g/mol. The van der Waals surface area contributed by atoms with E-state index in [1.807, 2.05) is 18.2 Å². The van der Waals surface area contributed by atoms with Gasteiger partial charge in [0.1, 0.15) is 0 Å². The number of nitrogens with one attached hydrogen (secondary N) is 1. The van der Waals surface area contributed by atoms with Gasteiger partial charge in [0, 0.05) is 10.8 Å². The van der Waals surface area contributed by atoms with Crippen LogP contribution in [0.3, 0.4) is 0 Å². The lowest BCUT2D eigenvalue weighted by Crippen LogP contribution is -2.35. The van der Waals surface area contributed by atoms with Gasteiger partial charge >= 0.3 is 0 Å². The van der Waals surface area contributed by atoms with Crippen LogP contribution in [0.25, 0.3) is 0 Å². The van der Waals surface area contributed by atoms with E-state index in [0.29, 0.717) is 12.5 Å². The maximum absolute atomic E-state index is 12.5. The van der Waals surface area contributed by atoms with E-state index in [1.54, 1.807) is 11.8 Å². The Balaban J connectivity index is 2.07. The molecule has 0 saturated heterocycles. The number of carbonyl (C=O) groups is 1. The third-order valence-electron chi connectivity index (χ3n) is 3.99. The topological polar surface area (TPSA) is 55.1 Å². The molecule has 2 unspecified atom stereocenters. The summed E-state index contributed by atoms with van der Waals surface area (Å²) in [5, 5.41) is 3.11. The van der Waals surface area contributed by atoms with E-state index in [4.69, 9.17) is 5.73 Å². The number of para-hydroxylation sites is 1. The van der Waals surface area contributed by atoms with Gasteiger partial charge in [-0.15, -0.1) is 11.8 Å². The SMILES string of the molecule is CCSc1ccccc1NC(=O)C1CCCCC1CN. The van der Waals surface area contributed by atoms with Crippen molar-refractivity contribution in [3.63, 3.8) is 0 Å². The summed E-state index contributed by atoms with van der Waals surface area (Å²) in [6.45, 7) is 2.73. The second-order valence-corrected chi connectivity index (χ2v) is 6.61. The maximum atomic E-state index is 12.5. The van der Waals surface area contributed by atoms with Gasteiger partial charge in [0.2, 0.25) is 5.91 Å². The molecule has 2 rings (SSSR count). The summed E-state index contributed by atoms with van der Waals surface area (Å²) in [5.74, 6) is 1.56. The van der Waals surface area contributed by atoms with Crippen LogP contribution in [0, 0.1) is 11.8 Å². The van der Waals surface area contributed by atoms with Crippen LogP contribution < -0.4 is 11.1 Å². The highest BCUT2D eigenvalue weighted by atomic mass is 32.2. The first-order chi connectivity index (χ1) is 9.76. The summed E-state index contributed by atoms with van der Waals surface area (Å²) >= 11 is 1.76. The molecular formula is C16H24N2OS. The molecule has 0 bridgehead atoms. The largest absolute Gasteiger partial charge is 0.330 e. The normalized spacial score (nSPS) is 22.5. The highest BCUT2D eigenvalue weighted by Gasteiger charge is 2.30. The fourth-order valence-electron chi connectivity index (χ4n) is 2.91. The van der Waals surface area contributed by atoms with E-state index in [9.17, 15) is 4.79 Å².